The van der Waals surface area contributed by atoms with Gasteiger partial charge in [0.25, 0.3) is 0 Å². The van der Waals surface area contributed by atoms with Crippen LogP contribution in [-0.2, 0) is 10.1 Å². The summed E-state index contributed by atoms with van der Waals surface area (Å²) < 4.78 is 16.4. The van der Waals surface area contributed by atoms with Gasteiger partial charge < -0.3 is 14.9 Å². The van der Waals surface area contributed by atoms with Crippen molar-refractivity contribution in [2.24, 2.45) is 0 Å². The van der Waals surface area contributed by atoms with Gasteiger partial charge in [0, 0.05) is 17.2 Å². The van der Waals surface area contributed by atoms with E-state index in [1.54, 1.807) is 0 Å². The molecule has 0 amide bonds. The lowest BCUT2D eigenvalue weighted by molar-refractivity contribution is 0.442. The van der Waals surface area contributed by atoms with Crippen molar-refractivity contribution in [3.05, 3.63) is 41.6 Å². The van der Waals surface area contributed by atoms with E-state index in [-0.39, 0.29) is 11.2 Å². The molecule has 124 valence electrons. The van der Waals surface area contributed by atoms with Gasteiger partial charge in [-0.25, -0.2) is 0 Å². The molecule has 1 aromatic carbocycles. The molecule has 3 rings (SSSR count). The Morgan fingerprint density at radius 2 is 1.74 bits per heavy atom. The Morgan fingerprint density at radius 1 is 1.13 bits per heavy atom. The molecular formula is C19H27N2OP. The molecule has 1 aliphatic rings. The standard InChI is InChI=1S/C19H27N2OP/c1-12(2)14-11-21-18(17(14)20)23(22,13(3)4)16-10-8-7-9-15(16)19(21,5)6/h7-13H,20H2,1-6H3. The molecule has 1 unspecified atom stereocenters. The summed E-state index contributed by atoms with van der Waals surface area (Å²) in [7, 11) is -2.76. The molecular weight excluding hydrogens is 303 g/mol. The summed E-state index contributed by atoms with van der Waals surface area (Å²) in [4.78, 5) is 0. The number of hydrogen-bond acceptors (Lipinski definition) is 2. The molecule has 1 aromatic heterocycles. The van der Waals surface area contributed by atoms with Crippen molar-refractivity contribution < 1.29 is 4.57 Å². The second-order valence-electron chi connectivity index (χ2n) is 7.67. The highest BCUT2D eigenvalue weighted by Crippen LogP contribution is 2.56. The molecule has 1 aliphatic heterocycles. The molecule has 1 atom stereocenters. The first-order chi connectivity index (χ1) is 10.6. The molecule has 0 saturated carbocycles. The molecule has 0 saturated heterocycles. The third-order valence-corrected chi connectivity index (χ3v) is 8.88. The van der Waals surface area contributed by atoms with Gasteiger partial charge in [0.2, 0.25) is 0 Å². The number of hydrogen-bond donors (Lipinski definition) is 1. The minimum Gasteiger partial charge on any atom is -0.397 e. The van der Waals surface area contributed by atoms with Crippen molar-refractivity contribution in [1.29, 1.82) is 0 Å². The summed E-state index contributed by atoms with van der Waals surface area (Å²) in [5.74, 6) is 0.313. The summed E-state index contributed by atoms with van der Waals surface area (Å²) in [6.45, 7) is 12.7. The Hall–Kier alpha value is -1.47. The quantitative estimate of drug-likeness (QED) is 0.846. The van der Waals surface area contributed by atoms with Gasteiger partial charge >= 0.3 is 0 Å². The van der Waals surface area contributed by atoms with Gasteiger partial charge in [-0.05, 0) is 30.9 Å². The maximum atomic E-state index is 14.2. The van der Waals surface area contributed by atoms with Gasteiger partial charge in [0.1, 0.15) is 5.44 Å². The van der Waals surface area contributed by atoms with E-state index in [1.807, 2.05) is 32.0 Å². The fourth-order valence-electron chi connectivity index (χ4n) is 3.80. The number of rotatable bonds is 2. The lowest BCUT2D eigenvalue weighted by Crippen LogP contribution is -2.47. The predicted molar refractivity (Wildman–Crippen MR) is 99.8 cm³/mol. The molecule has 2 aromatic rings. The molecule has 23 heavy (non-hydrogen) atoms. The normalized spacial score (nSPS) is 22.3. The Balaban J connectivity index is 2.47. The topological polar surface area (TPSA) is 48.0 Å². The van der Waals surface area contributed by atoms with Crippen LogP contribution in [0.25, 0.3) is 0 Å². The number of anilines is 1. The van der Waals surface area contributed by atoms with Crippen molar-refractivity contribution >= 4 is 23.6 Å². The van der Waals surface area contributed by atoms with Gasteiger partial charge in [0.15, 0.2) is 7.14 Å². The maximum absolute atomic E-state index is 14.2. The average Bonchev–Trinajstić information content (AvgIpc) is 2.84. The van der Waals surface area contributed by atoms with Crippen LogP contribution in [-0.4, -0.2) is 10.2 Å². The van der Waals surface area contributed by atoms with Crippen LogP contribution in [0.5, 0.6) is 0 Å². The van der Waals surface area contributed by atoms with E-state index in [0.29, 0.717) is 5.92 Å². The first-order valence-electron chi connectivity index (χ1n) is 8.35. The monoisotopic (exact) mass is 330 g/mol. The molecule has 0 aliphatic carbocycles. The van der Waals surface area contributed by atoms with Gasteiger partial charge in [-0.15, -0.1) is 0 Å². The van der Waals surface area contributed by atoms with E-state index in [2.05, 4.69) is 44.5 Å². The van der Waals surface area contributed by atoms with Gasteiger partial charge in [0.05, 0.1) is 11.2 Å². The number of aromatic nitrogens is 1. The van der Waals surface area contributed by atoms with Crippen molar-refractivity contribution in [1.82, 2.24) is 4.57 Å². The Bertz CT molecular complexity index is 815. The second kappa shape index (κ2) is 5.01. The van der Waals surface area contributed by atoms with Crippen LogP contribution in [0.1, 0.15) is 58.6 Å². The Labute approximate surface area is 139 Å². The van der Waals surface area contributed by atoms with Crippen molar-refractivity contribution in [3.8, 4) is 0 Å². The third-order valence-electron chi connectivity index (χ3n) is 5.24. The van der Waals surface area contributed by atoms with E-state index >= 15 is 0 Å². The van der Waals surface area contributed by atoms with Crippen LogP contribution in [0, 0.1) is 0 Å². The SMILES string of the molecule is CC(C)c1cn2c(c1N)P(=O)(C(C)C)c1ccccc1C2(C)C. The summed E-state index contributed by atoms with van der Waals surface area (Å²) in [6.07, 6.45) is 2.13. The zero-order valence-corrected chi connectivity index (χ0v) is 15.8. The lowest BCUT2D eigenvalue weighted by Gasteiger charge is -2.41. The van der Waals surface area contributed by atoms with Crippen LogP contribution < -0.4 is 16.5 Å². The lowest BCUT2D eigenvalue weighted by atomic mass is 9.93. The summed E-state index contributed by atoms with van der Waals surface area (Å²) in [5, 5.41) is 0.979. The Morgan fingerprint density at radius 3 is 2.30 bits per heavy atom. The van der Waals surface area contributed by atoms with E-state index in [0.717, 1.165) is 27.6 Å². The molecule has 0 fully saturated rings. The maximum Gasteiger partial charge on any atom is 0.163 e. The van der Waals surface area contributed by atoms with E-state index in [4.69, 9.17) is 5.73 Å². The number of nitrogens with two attached hydrogens (primary N) is 1. The van der Waals surface area contributed by atoms with E-state index < -0.39 is 7.14 Å². The van der Waals surface area contributed by atoms with Crippen molar-refractivity contribution in [2.75, 3.05) is 5.73 Å². The largest absolute Gasteiger partial charge is 0.397 e. The molecule has 0 bridgehead atoms. The van der Waals surface area contributed by atoms with Crippen LogP contribution in [0.2, 0.25) is 0 Å². The van der Waals surface area contributed by atoms with Crippen LogP contribution in [0.15, 0.2) is 30.5 Å². The highest BCUT2D eigenvalue weighted by Gasteiger charge is 2.47. The van der Waals surface area contributed by atoms with Crippen LogP contribution in [0.3, 0.4) is 0 Å². The predicted octanol–water partition coefficient (Wildman–Crippen LogP) is 4.01. The third kappa shape index (κ3) is 1.99. The molecule has 3 nitrogen and oxygen atoms in total. The number of nitrogens with zero attached hydrogens (tertiary/aromatic N) is 1. The number of benzene rings is 1. The highest BCUT2D eigenvalue weighted by atomic mass is 31.2. The second-order valence-corrected chi connectivity index (χ2v) is 10.9. The minimum absolute atomic E-state index is 0.0238. The van der Waals surface area contributed by atoms with Gasteiger partial charge in [-0.3, -0.25) is 0 Å². The van der Waals surface area contributed by atoms with Crippen LogP contribution in [0.4, 0.5) is 5.69 Å². The number of nitrogen functional groups attached to an aromatic ring is 1. The summed E-state index contributed by atoms with van der Waals surface area (Å²) >= 11 is 0. The minimum atomic E-state index is -2.76. The zero-order valence-electron chi connectivity index (χ0n) is 14.9. The smallest absolute Gasteiger partial charge is 0.163 e. The van der Waals surface area contributed by atoms with E-state index in [1.165, 1.54) is 0 Å². The van der Waals surface area contributed by atoms with E-state index in [9.17, 15) is 4.57 Å². The Kier molecular flexibility index (Phi) is 3.57. The fourth-order valence-corrected chi connectivity index (χ4v) is 7.20. The highest BCUT2D eigenvalue weighted by molar-refractivity contribution is 7.79. The van der Waals surface area contributed by atoms with Crippen LogP contribution >= 0.6 is 7.14 Å². The molecule has 4 heteroatoms. The van der Waals surface area contributed by atoms with Gasteiger partial charge in [-0.2, -0.15) is 0 Å². The summed E-state index contributed by atoms with van der Waals surface area (Å²) in [6, 6.07) is 8.16. The number of fused-ring (bicyclic) bond motifs is 2. The molecule has 0 spiro atoms. The first kappa shape index (κ1) is 16.4. The zero-order chi connectivity index (χ0) is 17.2. The van der Waals surface area contributed by atoms with Gasteiger partial charge in [-0.1, -0.05) is 52.0 Å². The molecule has 2 heterocycles. The van der Waals surface area contributed by atoms with Crippen molar-refractivity contribution in [3.63, 3.8) is 0 Å². The van der Waals surface area contributed by atoms with Crippen molar-refractivity contribution in [2.45, 2.75) is 58.7 Å². The molecule has 2 N–H and O–H groups in total. The fraction of sp³-hybridized carbons (Fsp3) is 0.474. The first-order valence-corrected chi connectivity index (χ1v) is 10.1. The molecule has 0 radical (unpaired) electrons. The average molecular weight is 330 g/mol. The summed E-state index contributed by atoms with van der Waals surface area (Å²) in [5.41, 5.74) is 10.1.